The summed E-state index contributed by atoms with van der Waals surface area (Å²) in [6, 6.07) is 11.5. The Balaban J connectivity index is 2.12. The van der Waals surface area contributed by atoms with E-state index in [0.29, 0.717) is 23.6 Å². The predicted molar refractivity (Wildman–Crippen MR) is 83.8 cm³/mol. The average molecular weight is 283 g/mol. The molecule has 0 saturated carbocycles. The highest BCUT2D eigenvalue weighted by molar-refractivity contribution is 5.79. The number of hydrogen-bond acceptors (Lipinski definition) is 2. The van der Waals surface area contributed by atoms with Crippen molar-refractivity contribution in [1.29, 1.82) is 0 Å². The Morgan fingerprint density at radius 1 is 1.19 bits per heavy atom. The summed E-state index contributed by atoms with van der Waals surface area (Å²) < 4.78 is 15.6. The van der Waals surface area contributed by atoms with Crippen LogP contribution in [0.15, 0.2) is 36.4 Å². The fraction of sp³-hybridized carbons (Fsp3) is 0.235. The number of halogens is 1. The first-order chi connectivity index (χ1) is 10.1. The minimum absolute atomic E-state index is 0.249. The smallest absolute Gasteiger partial charge is 0.201 e. The zero-order chi connectivity index (χ0) is 15.0. The van der Waals surface area contributed by atoms with Crippen LogP contribution in [0.1, 0.15) is 23.6 Å². The Morgan fingerprint density at radius 3 is 2.62 bits per heavy atom. The van der Waals surface area contributed by atoms with E-state index in [1.165, 1.54) is 17.2 Å². The second-order valence-electron chi connectivity index (χ2n) is 5.27. The minimum atomic E-state index is -0.249. The van der Waals surface area contributed by atoms with Crippen molar-refractivity contribution in [3.8, 4) is 0 Å². The third-order valence-corrected chi connectivity index (χ3v) is 3.89. The fourth-order valence-corrected chi connectivity index (χ4v) is 2.66. The number of aryl methyl sites for hydroxylation is 2. The van der Waals surface area contributed by atoms with Gasteiger partial charge in [0.25, 0.3) is 0 Å². The van der Waals surface area contributed by atoms with Gasteiger partial charge in [0.2, 0.25) is 5.95 Å². The number of nitrogen functional groups attached to an aromatic ring is 1. The summed E-state index contributed by atoms with van der Waals surface area (Å²) in [7, 11) is 0. The van der Waals surface area contributed by atoms with Crippen molar-refractivity contribution in [1.82, 2.24) is 9.55 Å². The number of imidazole rings is 1. The molecule has 0 saturated heterocycles. The molecule has 4 heteroatoms. The van der Waals surface area contributed by atoms with Gasteiger partial charge in [0, 0.05) is 6.07 Å². The molecule has 0 spiro atoms. The molecule has 108 valence electrons. The zero-order valence-electron chi connectivity index (χ0n) is 12.2. The van der Waals surface area contributed by atoms with Gasteiger partial charge in [0.15, 0.2) is 0 Å². The van der Waals surface area contributed by atoms with Crippen molar-refractivity contribution >= 4 is 17.0 Å². The van der Waals surface area contributed by atoms with E-state index in [1.807, 2.05) is 22.8 Å². The van der Waals surface area contributed by atoms with Crippen LogP contribution in [0.5, 0.6) is 0 Å². The van der Waals surface area contributed by atoms with Crippen molar-refractivity contribution in [2.75, 3.05) is 5.73 Å². The van der Waals surface area contributed by atoms with E-state index in [4.69, 9.17) is 5.73 Å². The van der Waals surface area contributed by atoms with Crippen LogP contribution in [-0.4, -0.2) is 9.55 Å². The molecule has 1 heterocycles. The molecule has 0 radical (unpaired) electrons. The first-order valence-electron chi connectivity index (χ1n) is 7.08. The number of hydrogen-bond donors (Lipinski definition) is 1. The van der Waals surface area contributed by atoms with E-state index in [-0.39, 0.29) is 5.82 Å². The van der Waals surface area contributed by atoms with Crippen LogP contribution in [0.25, 0.3) is 11.0 Å². The molecule has 3 rings (SSSR count). The summed E-state index contributed by atoms with van der Waals surface area (Å²) in [6.45, 7) is 4.54. The average Bonchev–Trinajstić information content (AvgIpc) is 2.76. The lowest BCUT2D eigenvalue weighted by atomic mass is 10.1. The summed E-state index contributed by atoms with van der Waals surface area (Å²) in [5.74, 6) is 0.169. The maximum atomic E-state index is 13.6. The quantitative estimate of drug-likeness (QED) is 0.797. The van der Waals surface area contributed by atoms with Gasteiger partial charge in [-0.1, -0.05) is 31.2 Å². The molecule has 0 aliphatic heterocycles. The molecule has 0 amide bonds. The Hall–Kier alpha value is -2.36. The third-order valence-electron chi connectivity index (χ3n) is 3.89. The number of fused-ring (bicyclic) bond motifs is 1. The van der Waals surface area contributed by atoms with E-state index < -0.39 is 0 Å². The Bertz CT molecular complexity index is 805. The van der Waals surface area contributed by atoms with E-state index in [0.717, 1.165) is 11.9 Å². The molecule has 2 aromatic carbocycles. The minimum Gasteiger partial charge on any atom is -0.369 e. The number of rotatable bonds is 3. The van der Waals surface area contributed by atoms with Crippen LogP contribution in [-0.2, 0) is 13.0 Å². The van der Waals surface area contributed by atoms with Crippen LogP contribution in [0, 0.1) is 12.7 Å². The normalized spacial score (nSPS) is 11.2. The van der Waals surface area contributed by atoms with Crippen molar-refractivity contribution in [3.05, 3.63) is 58.9 Å². The molecule has 0 unspecified atom stereocenters. The first kappa shape index (κ1) is 13.6. The standard InChI is InChI=1S/C17H18FN3/c1-3-12-6-4-5-7-13(12)10-21-16-8-11(2)14(18)9-15(16)20-17(21)19/h4-9H,3,10H2,1-2H3,(H2,19,20). The van der Waals surface area contributed by atoms with E-state index in [1.54, 1.807) is 6.92 Å². The number of anilines is 1. The summed E-state index contributed by atoms with van der Waals surface area (Å²) in [5.41, 5.74) is 10.6. The summed E-state index contributed by atoms with van der Waals surface area (Å²) >= 11 is 0. The van der Waals surface area contributed by atoms with Crippen LogP contribution < -0.4 is 5.73 Å². The molecular formula is C17H18FN3. The van der Waals surface area contributed by atoms with Crippen molar-refractivity contribution < 1.29 is 4.39 Å². The molecule has 3 nitrogen and oxygen atoms in total. The van der Waals surface area contributed by atoms with E-state index >= 15 is 0 Å². The highest BCUT2D eigenvalue weighted by atomic mass is 19.1. The predicted octanol–water partition coefficient (Wildman–Crippen LogP) is 3.68. The largest absolute Gasteiger partial charge is 0.369 e. The number of aromatic nitrogens is 2. The lowest BCUT2D eigenvalue weighted by Gasteiger charge is -2.11. The molecule has 0 aliphatic rings. The maximum Gasteiger partial charge on any atom is 0.201 e. The zero-order valence-corrected chi connectivity index (χ0v) is 12.2. The Labute approximate surface area is 123 Å². The third kappa shape index (κ3) is 2.37. The van der Waals surface area contributed by atoms with Gasteiger partial charge in [-0.25, -0.2) is 9.37 Å². The number of benzene rings is 2. The lowest BCUT2D eigenvalue weighted by molar-refractivity contribution is 0.620. The molecule has 0 atom stereocenters. The molecule has 0 aliphatic carbocycles. The Morgan fingerprint density at radius 2 is 1.90 bits per heavy atom. The van der Waals surface area contributed by atoms with Crippen LogP contribution in [0.4, 0.5) is 10.3 Å². The van der Waals surface area contributed by atoms with Gasteiger partial charge in [-0.15, -0.1) is 0 Å². The SMILES string of the molecule is CCc1ccccc1Cn1c(N)nc2cc(F)c(C)cc21. The van der Waals surface area contributed by atoms with Gasteiger partial charge >= 0.3 is 0 Å². The van der Waals surface area contributed by atoms with Gasteiger partial charge < -0.3 is 10.3 Å². The molecular weight excluding hydrogens is 265 g/mol. The van der Waals surface area contributed by atoms with E-state index in [2.05, 4.69) is 24.0 Å². The topological polar surface area (TPSA) is 43.8 Å². The lowest BCUT2D eigenvalue weighted by Crippen LogP contribution is -2.06. The van der Waals surface area contributed by atoms with Crippen LogP contribution in [0.3, 0.4) is 0 Å². The highest BCUT2D eigenvalue weighted by Gasteiger charge is 2.12. The summed E-state index contributed by atoms with van der Waals surface area (Å²) in [4.78, 5) is 4.27. The molecule has 1 aromatic heterocycles. The second kappa shape index (κ2) is 5.20. The maximum absolute atomic E-state index is 13.6. The first-order valence-corrected chi connectivity index (χ1v) is 7.08. The Kier molecular flexibility index (Phi) is 3.37. The molecule has 0 bridgehead atoms. The highest BCUT2D eigenvalue weighted by Crippen LogP contribution is 2.23. The van der Waals surface area contributed by atoms with Gasteiger partial charge in [-0.3, -0.25) is 0 Å². The molecule has 2 N–H and O–H groups in total. The fourth-order valence-electron chi connectivity index (χ4n) is 2.66. The van der Waals surface area contributed by atoms with Gasteiger partial charge in [0.05, 0.1) is 17.6 Å². The summed E-state index contributed by atoms with van der Waals surface area (Å²) in [6.07, 6.45) is 0.969. The number of nitrogens with two attached hydrogens (primary N) is 1. The van der Waals surface area contributed by atoms with Gasteiger partial charge in [0.1, 0.15) is 5.82 Å². The number of nitrogens with zero attached hydrogens (tertiary/aromatic N) is 2. The molecule has 3 aromatic rings. The molecule has 21 heavy (non-hydrogen) atoms. The second-order valence-corrected chi connectivity index (χ2v) is 5.27. The van der Waals surface area contributed by atoms with Crippen molar-refractivity contribution in [3.63, 3.8) is 0 Å². The summed E-state index contributed by atoms with van der Waals surface area (Å²) in [5, 5.41) is 0. The monoisotopic (exact) mass is 283 g/mol. The van der Waals surface area contributed by atoms with Crippen LogP contribution >= 0.6 is 0 Å². The van der Waals surface area contributed by atoms with Crippen LogP contribution in [0.2, 0.25) is 0 Å². The van der Waals surface area contributed by atoms with Crippen molar-refractivity contribution in [2.24, 2.45) is 0 Å². The van der Waals surface area contributed by atoms with Gasteiger partial charge in [-0.05, 0) is 36.1 Å². The molecule has 0 fully saturated rings. The van der Waals surface area contributed by atoms with Crippen molar-refractivity contribution in [2.45, 2.75) is 26.8 Å². The van der Waals surface area contributed by atoms with Gasteiger partial charge in [-0.2, -0.15) is 0 Å². The van der Waals surface area contributed by atoms with E-state index in [9.17, 15) is 4.39 Å².